The molecule has 2 aromatic rings. The number of anilines is 2. The van der Waals surface area contributed by atoms with Crippen molar-refractivity contribution in [2.45, 2.75) is 69.3 Å². The van der Waals surface area contributed by atoms with E-state index < -0.39 is 33.2 Å². The van der Waals surface area contributed by atoms with Crippen LogP contribution in [0.5, 0.6) is 0 Å². The summed E-state index contributed by atoms with van der Waals surface area (Å²) in [4.78, 5) is 25.4. The number of unbranched alkanes of at least 4 members (excludes halogenated alkanes) is 1. The van der Waals surface area contributed by atoms with Gasteiger partial charge in [0.05, 0.1) is 95.7 Å². The molecule has 3 unspecified atom stereocenters. The molecular weight excluding hydrogens is 692 g/mol. The second kappa shape index (κ2) is 22.2. The van der Waals surface area contributed by atoms with E-state index in [9.17, 15) is 23.1 Å². The van der Waals surface area contributed by atoms with Crippen molar-refractivity contribution >= 4 is 33.1 Å². The van der Waals surface area contributed by atoms with Gasteiger partial charge in [-0.15, -0.1) is 0 Å². The lowest BCUT2D eigenvalue weighted by Gasteiger charge is -2.39. The SMILES string of the molecule is CCCCC1(CC)CS(=O)(=O)c2ccc(N(C)C)cc2C(c2cccc(NC(=O)CCOCCOCCOCCOCCOCCC(=O)O)c2)C1O. The fourth-order valence-corrected chi connectivity index (χ4v) is 8.60. The number of benzene rings is 2. The number of sulfone groups is 1. The number of ether oxygens (including phenoxy) is 5. The van der Waals surface area contributed by atoms with Crippen LogP contribution in [0.25, 0.3) is 0 Å². The summed E-state index contributed by atoms with van der Waals surface area (Å²) in [5.74, 6) is -1.87. The van der Waals surface area contributed by atoms with Crippen LogP contribution in [0, 0.1) is 5.41 Å². The van der Waals surface area contributed by atoms with Crippen molar-refractivity contribution in [3.8, 4) is 0 Å². The number of aliphatic hydroxyl groups is 1. The van der Waals surface area contributed by atoms with E-state index in [1.165, 1.54) is 0 Å². The average molecular weight is 751 g/mol. The number of carboxylic acids is 1. The van der Waals surface area contributed by atoms with Gasteiger partial charge in [-0.25, -0.2) is 8.42 Å². The molecule has 1 amide bonds. The van der Waals surface area contributed by atoms with E-state index in [1.54, 1.807) is 18.2 Å². The van der Waals surface area contributed by atoms with E-state index in [-0.39, 0.29) is 42.6 Å². The van der Waals surface area contributed by atoms with Gasteiger partial charge in [0.2, 0.25) is 5.91 Å². The highest BCUT2D eigenvalue weighted by molar-refractivity contribution is 7.91. The second-order valence-electron chi connectivity index (χ2n) is 13.2. The van der Waals surface area contributed by atoms with Crippen LogP contribution < -0.4 is 10.2 Å². The zero-order valence-corrected chi connectivity index (χ0v) is 32.0. The molecule has 0 aromatic heterocycles. The molecular formula is C38H58N2O11S. The predicted octanol–water partition coefficient (Wildman–Crippen LogP) is 4.51. The number of carbonyl (C=O) groups is 2. The molecule has 3 atom stereocenters. The zero-order chi connectivity index (χ0) is 38.0. The number of hydrogen-bond acceptors (Lipinski definition) is 11. The number of rotatable bonds is 25. The standard InChI is InChI=1S/C38H58N2O11S/c1-5-7-15-38(6-2)28-52(45,46)33-12-11-31(40(3)4)27-32(33)36(37(38)44)29-9-8-10-30(26-29)39-34(41)13-16-47-18-20-49-22-24-51-25-23-50-21-19-48-17-14-35(42)43/h8-12,26-27,36-37,44H,5-7,13-25,28H2,1-4H3,(H,39,41)(H,42,43). The minimum atomic E-state index is -3.70. The predicted molar refractivity (Wildman–Crippen MR) is 199 cm³/mol. The maximum Gasteiger partial charge on any atom is 0.305 e. The highest BCUT2D eigenvalue weighted by atomic mass is 32.2. The fraction of sp³-hybridized carbons (Fsp3) is 0.632. The summed E-state index contributed by atoms with van der Waals surface area (Å²) in [7, 11) is 0.0920. The molecule has 3 rings (SSSR count). The lowest BCUT2D eigenvalue weighted by molar-refractivity contribution is -0.138. The van der Waals surface area contributed by atoms with Gasteiger partial charge in [-0.2, -0.15) is 0 Å². The maximum absolute atomic E-state index is 13.9. The van der Waals surface area contributed by atoms with Gasteiger partial charge in [0.25, 0.3) is 0 Å². The van der Waals surface area contributed by atoms with Gasteiger partial charge in [0.1, 0.15) is 0 Å². The number of carbonyl (C=O) groups excluding carboxylic acids is 1. The van der Waals surface area contributed by atoms with Gasteiger partial charge >= 0.3 is 5.97 Å². The average Bonchev–Trinajstić information content (AvgIpc) is 3.18. The molecule has 0 fully saturated rings. The van der Waals surface area contributed by atoms with E-state index in [1.807, 2.05) is 50.2 Å². The molecule has 292 valence electrons. The third-order valence-corrected chi connectivity index (χ3v) is 11.3. The van der Waals surface area contributed by atoms with Gasteiger partial charge in [-0.1, -0.05) is 38.8 Å². The Kier molecular flexibility index (Phi) is 18.5. The molecule has 13 nitrogen and oxygen atoms in total. The van der Waals surface area contributed by atoms with Crippen LogP contribution in [0.4, 0.5) is 11.4 Å². The zero-order valence-electron chi connectivity index (χ0n) is 31.1. The van der Waals surface area contributed by atoms with E-state index in [4.69, 9.17) is 28.8 Å². The molecule has 0 saturated heterocycles. The molecule has 3 N–H and O–H groups in total. The monoisotopic (exact) mass is 750 g/mol. The van der Waals surface area contributed by atoms with Crippen molar-refractivity contribution in [3.63, 3.8) is 0 Å². The van der Waals surface area contributed by atoms with E-state index in [0.717, 1.165) is 24.1 Å². The normalized spacial score (nSPS) is 19.5. The number of nitrogens with zero attached hydrogens (tertiary/aromatic N) is 1. The Hall–Kier alpha value is -3.11. The lowest BCUT2D eigenvalue weighted by atomic mass is 9.69. The fourth-order valence-electron chi connectivity index (χ4n) is 6.34. The van der Waals surface area contributed by atoms with E-state index >= 15 is 0 Å². The van der Waals surface area contributed by atoms with Crippen LogP contribution in [0.2, 0.25) is 0 Å². The Balaban J connectivity index is 1.49. The molecule has 0 aliphatic carbocycles. The first-order valence-electron chi connectivity index (χ1n) is 18.2. The van der Waals surface area contributed by atoms with Crippen molar-refractivity contribution in [2.24, 2.45) is 5.41 Å². The molecule has 1 aliphatic heterocycles. The van der Waals surface area contributed by atoms with Gasteiger partial charge in [0.15, 0.2) is 9.84 Å². The quantitative estimate of drug-likeness (QED) is 0.122. The summed E-state index contributed by atoms with van der Waals surface area (Å²) in [6.45, 7) is 7.35. The summed E-state index contributed by atoms with van der Waals surface area (Å²) in [5.41, 5.74) is 1.87. The largest absolute Gasteiger partial charge is 0.481 e. The van der Waals surface area contributed by atoms with Gasteiger partial charge in [-0.3, -0.25) is 9.59 Å². The maximum atomic E-state index is 13.9. The number of amides is 1. The first-order chi connectivity index (χ1) is 24.9. The Morgan fingerprint density at radius 2 is 1.42 bits per heavy atom. The third kappa shape index (κ3) is 13.4. The van der Waals surface area contributed by atoms with Crippen molar-refractivity contribution < 1.29 is 51.9 Å². The molecule has 0 radical (unpaired) electrons. The molecule has 0 saturated carbocycles. The lowest BCUT2D eigenvalue weighted by Crippen LogP contribution is -2.42. The Morgan fingerprint density at radius 3 is 1.96 bits per heavy atom. The smallest absolute Gasteiger partial charge is 0.305 e. The van der Waals surface area contributed by atoms with Crippen molar-refractivity contribution in [1.82, 2.24) is 0 Å². The Morgan fingerprint density at radius 1 is 0.846 bits per heavy atom. The molecule has 14 heteroatoms. The van der Waals surface area contributed by atoms with Crippen molar-refractivity contribution in [2.75, 3.05) is 96.1 Å². The highest BCUT2D eigenvalue weighted by Crippen LogP contribution is 2.49. The molecule has 2 aromatic carbocycles. The van der Waals surface area contributed by atoms with Gasteiger partial charge < -0.3 is 44.1 Å². The molecule has 0 bridgehead atoms. The number of carboxylic acid groups (broad SMARTS) is 1. The summed E-state index contributed by atoms with van der Waals surface area (Å²) in [5, 5.41) is 23.7. The summed E-state index contributed by atoms with van der Waals surface area (Å²) < 4.78 is 54.8. The third-order valence-electron chi connectivity index (χ3n) is 9.28. The van der Waals surface area contributed by atoms with Crippen LogP contribution in [-0.4, -0.2) is 123 Å². The summed E-state index contributed by atoms with van der Waals surface area (Å²) in [6, 6.07) is 12.7. The minimum absolute atomic E-state index is 0.0282. The topological polar surface area (TPSA) is 170 Å². The number of aliphatic carboxylic acids is 1. The number of hydrogen-bond donors (Lipinski definition) is 3. The second-order valence-corrected chi connectivity index (χ2v) is 15.2. The summed E-state index contributed by atoms with van der Waals surface area (Å²) in [6.07, 6.45) is 1.94. The highest BCUT2D eigenvalue weighted by Gasteiger charge is 2.49. The minimum Gasteiger partial charge on any atom is -0.481 e. The van der Waals surface area contributed by atoms with Crippen molar-refractivity contribution in [1.29, 1.82) is 0 Å². The van der Waals surface area contributed by atoms with Crippen LogP contribution in [0.1, 0.15) is 69.4 Å². The number of fused-ring (bicyclic) bond motifs is 1. The van der Waals surface area contributed by atoms with Crippen molar-refractivity contribution in [3.05, 3.63) is 53.6 Å². The molecule has 52 heavy (non-hydrogen) atoms. The summed E-state index contributed by atoms with van der Waals surface area (Å²) >= 11 is 0. The van der Waals surface area contributed by atoms with Crippen LogP contribution in [0.3, 0.4) is 0 Å². The first kappa shape index (κ1) is 43.3. The number of nitrogens with one attached hydrogen (secondary N) is 1. The van der Waals surface area contributed by atoms with E-state index in [2.05, 4.69) is 12.2 Å². The Labute approximate surface area is 308 Å². The van der Waals surface area contributed by atoms with Crippen LogP contribution >= 0.6 is 0 Å². The van der Waals surface area contributed by atoms with Gasteiger partial charge in [-0.05, 0) is 54.3 Å². The van der Waals surface area contributed by atoms with E-state index in [0.29, 0.717) is 76.9 Å². The van der Waals surface area contributed by atoms with Crippen LogP contribution in [0.15, 0.2) is 47.4 Å². The Bertz CT molecular complexity index is 1500. The van der Waals surface area contributed by atoms with Gasteiger partial charge in [0, 0.05) is 36.8 Å². The number of aliphatic hydroxyl groups excluding tert-OH is 1. The first-order valence-corrected chi connectivity index (χ1v) is 19.8. The molecule has 1 aliphatic rings. The van der Waals surface area contributed by atoms with Crippen LogP contribution in [-0.2, 0) is 43.1 Å². The molecule has 0 spiro atoms. The molecule has 1 heterocycles.